The van der Waals surface area contributed by atoms with Crippen LogP contribution in [-0.4, -0.2) is 4.57 Å². The molecule has 0 saturated carbocycles. The summed E-state index contributed by atoms with van der Waals surface area (Å²) in [5.41, 5.74) is 10.4. The number of nitrogens with zero attached hydrogens (tertiary/aromatic N) is 1. The normalized spacial score (nSPS) is 12.7. The zero-order chi connectivity index (χ0) is 15.6. The molecule has 3 heteroatoms. The van der Waals surface area contributed by atoms with Crippen molar-refractivity contribution in [2.24, 2.45) is 11.7 Å². The molecule has 1 heterocycles. The molecule has 0 fully saturated rings. The van der Waals surface area contributed by atoms with Gasteiger partial charge in [-0.25, -0.2) is 0 Å². The highest BCUT2D eigenvalue weighted by Gasteiger charge is 2.14. The van der Waals surface area contributed by atoms with Crippen LogP contribution in [0.2, 0.25) is 0 Å². The van der Waals surface area contributed by atoms with Crippen molar-refractivity contribution in [1.82, 2.24) is 4.57 Å². The number of nitrogens with two attached hydrogens (primary N) is 1. The van der Waals surface area contributed by atoms with Crippen LogP contribution in [-0.2, 0) is 6.54 Å². The Morgan fingerprint density at radius 3 is 2.48 bits per heavy atom. The largest absolute Gasteiger partial charge is 0.320 e. The van der Waals surface area contributed by atoms with E-state index in [4.69, 9.17) is 5.73 Å². The SMILES string of the molecule is Cc1ccc(C(N)c2cccn(CC(C)C)c2=O)cc1C. The van der Waals surface area contributed by atoms with Gasteiger partial charge in [-0.1, -0.05) is 38.1 Å². The van der Waals surface area contributed by atoms with Crippen LogP contribution in [0.3, 0.4) is 0 Å². The van der Waals surface area contributed by atoms with Gasteiger partial charge < -0.3 is 10.3 Å². The Morgan fingerprint density at radius 2 is 1.86 bits per heavy atom. The molecule has 1 aromatic carbocycles. The molecular formula is C18H24N2O. The van der Waals surface area contributed by atoms with Crippen LogP contribution in [0.5, 0.6) is 0 Å². The van der Waals surface area contributed by atoms with Gasteiger partial charge in [0.05, 0.1) is 6.04 Å². The zero-order valence-electron chi connectivity index (χ0n) is 13.3. The van der Waals surface area contributed by atoms with Crippen molar-refractivity contribution >= 4 is 0 Å². The number of rotatable bonds is 4. The van der Waals surface area contributed by atoms with E-state index in [-0.39, 0.29) is 11.6 Å². The van der Waals surface area contributed by atoms with Crippen molar-refractivity contribution in [2.75, 3.05) is 0 Å². The first-order chi connectivity index (χ1) is 9.90. The number of hydrogen-bond acceptors (Lipinski definition) is 2. The average molecular weight is 284 g/mol. The summed E-state index contributed by atoms with van der Waals surface area (Å²) in [7, 11) is 0. The number of pyridine rings is 1. The Labute approximate surface area is 126 Å². The smallest absolute Gasteiger partial charge is 0.255 e. The second-order valence-corrected chi connectivity index (χ2v) is 6.14. The highest BCUT2D eigenvalue weighted by atomic mass is 16.1. The summed E-state index contributed by atoms with van der Waals surface area (Å²) in [5.74, 6) is 0.427. The summed E-state index contributed by atoms with van der Waals surface area (Å²) < 4.78 is 1.75. The first-order valence-electron chi connectivity index (χ1n) is 7.42. The van der Waals surface area contributed by atoms with E-state index in [0.29, 0.717) is 18.0 Å². The van der Waals surface area contributed by atoms with Crippen molar-refractivity contribution in [3.63, 3.8) is 0 Å². The van der Waals surface area contributed by atoms with Crippen molar-refractivity contribution < 1.29 is 0 Å². The molecule has 0 spiro atoms. The van der Waals surface area contributed by atoms with Crippen LogP contribution in [0.1, 0.15) is 42.1 Å². The monoisotopic (exact) mass is 284 g/mol. The lowest BCUT2D eigenvalue weighted by atomic mass is 9.97. The van der Waals surface area contributed by atoms with E-state index in [1.54, 1.807) is 4.57 Å². The van der Waals surface area contributed by atoms with Gasteiger partial charge in [-0.05, 0) is 42.5 Å². The fraction of sp³-hybridized carbons (Fsp3) is 0.389. The van der Waals surface area contributed by atoms with Crippen LogP contribution in [0.4, 0.5) is 0 Å². The molecule has 0 bridgehead atoms. The van der Waals surface area contributed by atoms with Crippen LogP contribution in [0.25, 0.3) is 0 Å². The van der Waals surface area contributed by atoms with Gasteiger partial charge in [0, 0.05) is 18.3 Å². The van der Waals surface area contributed by atoms with Crippen LogP contribution in [0.15, 0.2) is 41.3 Å². The number of hydrogen-bond donors (Lipinski definition) is 1. The average Bonchev–Trinajstić information content (AvgIpc) is 2.43. The summed E-state index contributed by atoms with van der Waals surface area (Å²) in [4.78, 5) is 12.6. The third-order valence-corrected chi connectivity index (χ3v) is 3.84. The lowest BCUT2D eigenvalue weighted by Crippen LogP contribution is -2.29. The first-order valence-corrected chi connectivity index (χ1v) is 7.42. The molecule has 1 unspecified atom stereocenters. The van der Waals surface area contributed by atoms with Gasteiger partial charge in [0.2, 0.25) is 0 Å². The molecule has 0 amide bonds. The topological polar surface area (TPSA) is 48.0 Å². The van der Waals surface area contributed by atoms with E-state index >= 15 is 0 Å². The van der Waals surface area contributed by atoms with Crippen LogP contribution < -0.4 is 11.3 Å². The van der Waals surface area contributed by atoms with Crippen LogP contribution >= 0.6 is 0 Å². The van der Waals surface area contributed by atoms with Gasteiger partial charge in [0.1, 0.15) is 0 Å². The molecular weight excluding hydrogens is 260 g/mol. The maximum atomic E-state index is 12.6. The summed E-state index contributed by atoms with van der Waals surface area (Å²) >= 11 is 0. The molecule has 1 atom stereocenters. The van der Waals surface area contributed by atoms with E-state index in [9.17, 15) is 4.79 Å². The predicted octanol–water partition coefficient (Wildman–Crippen LogP) is 3.17. The summed E-state index contributed by atoms with van der Waals surface area (Å²) in [6.07, 6.45) is 1.83. The van der Waals surface area contributed by atoms with Gasteiger partial charge in [0.15, 0.2) is 0 Å². The van der Waals surface area contributed by atoms with E-state index in [0.717, 1.165) is 5.56 Å². The molecule has 0 radical (unpaired) electrons. The second-order valence-electron chi connectivity index (χ2n) is 6.14. The quantitative estimate of drug-likeness (QED) is 0.937. The highest BCUT2D eigenvalue weighted by molar-refractivity contribution is 5.36. The van der Waals surface area contributed by atoms with Crippen LogP contribution in [0, 0.1) is 19.8 Å². The lowest BCUT2D eigenvalue weighted by Gasteiger charge is -2.16. The minimum atomic E-state index is -0.378. The number of benzene rings is 1. The Balaban J connectivity index is 2.41. The summed E-state index contributed by atoms with van der Waals surface area (Å²) in [6.45, 7) is 9.05. The molecule has 2 aromatic rings. The molecule has 2 N–H and O–H groups in total. The molecule has 0 aliphatic carbocycles. The molecule has 1 aromatic heterocycles. The third kappa shape index (κ3) is 3.42. The third-order valence-electron chi connectivity index (χ3n) is 3.84. The zero-order valence-corrected chi connectivity index (χ0v) is 13.3. The Morgan fingerprint density at radius 1 is 1.14 bits per heavy atom. The maximum absolute atomic E-state index is 12.6. The summed E-state index contributed by atoms with van der Waals surface area (Å²) in [6, 6.07) is 9.49. The molecule has 0 saturated heterocycles. The van der Waals surface area contributed by atoms with E-state index in [1.807, 2.05) is 24.4 Å². The molecule has 0 aliphatic heterocycles. The van der Waals surface area contributed by atoms with Gasteiger partial charge in [-0.3, -0.25) is 4.79 Å². The van der Waals surface area contributed by atoms with E-state index in [2.05, 4.69) is 39.8 Å². The van der Waals surface area contributed by atoms with Crippen molar-refractivity contribution in [3.8, 4) is 0 Å². The lowest BCUT2D eigenvalue weighted by molar-refractivity contribution is 0.507. The second kappa shape index (κ2) is 6.27. The summed E-state index contributed by atoms with van der Waals surface area (Å²) in [5, 5.41) is 0. The number of aromatic nitrogens is 1. The fourth-order valence-corrected chi connectivity index (χ4v) is 2.47. The Hall–Kier alpha value is -1.87. The van der Waals surface area contributed by atoms with Crippen molar-refractivity contribution in [3.05, 3.63) is 69.1 Å². The highest BCUT2D eigenvalue weighted by Crippen LogP contribution is 2.19. The van der Waals surface area contributed by atoms with Gasteiger partial charge >= 0.3 is 0 Å². The van der Waals surface area contributed by atoms with Gasteiger partial charge in [-0.15, -0.1) is 0 Å². The Kier molecular flexibility index (Phi) is 4.63. The van der Waals surface area contributed by atoms with E-state index in [1.165, 1.54) is 11.1 Å². The minimum absolute atomic E-state index is 0.0110. The Bertz CT molecular complexity index is 686. The van der Waals surface area contributed by atoms with E-state index < -0.39 is 0 Å². The molecule has 2 rings (SSSR count). The minimum Gasteiger partial charge on any atom is -0.320 e. The molecule has 3 nitrogen and oxygen atoms in total. The standard InChI is InChI=1S/C18H24N2O/c1-12(2)11-20-9-5-6-16(18(20)21)17(19)15-8-7-13(3)14(4)10-15/h5-10,12,17H,11,19H2,1-4H3. The molecule has 21 heavy (non-hydrogen) atoms. The predicted molar refractivity (Wildman–Crippen MR) is 87.5 cm³/mol. The fourth-order valence-electron chi connectivity index (χ4n) is 2.47. The molecule has 0 aliphatic rings. The molecule has 112 valence electrons. The first kappa shape index (κ1) is 15.5. The van der Waals surface area contributed by atoms with Crippen molar-refractivity contribution in [2.45, 2.75) is 40.3 Å². The van der Waals surface area contributed by atoms with Gasteiger partial charge in [-0.2, -0.15) is 0 Å². The number of aryl methyl sites for hydroxylation is 2. The maximum Gasteiger partial charge on any atom is 0.255 e. The van der Waals surface area contributed by atoms with Gasteiger partial charge in [0.25, 0.3) is 5.56 Å². The van der Waals surface area contributed by atoms with Crippen molar-refractivity contribution in [1.29, 1.82) is 0 Å².